The maximum Gasteiger partial charge on any atom is 0.394 e. The predicted octanol–water partition coefficient (Wildman–Crippen LogP) is -1.98. The topological polar surface area (TPSA) is 124 Å². The van der Waals surface area contributed by atoms with E-state index >= 15 is 0 Å². The molecule has 0 aliphatic rings. The van der Waals surface area contributed by atoms with Gasteiger partial charge in [0.05, 0.1) is 19.1 Å². The smallest absolute Gasteiger partial charge is 0.394 e. The first-order chi connectivity index (χ1) is 5.97. The van der Waals surface area contributed by atoms with E-state index < -0.39 is 36.9 Å². The molecule has 0 bridgehead atoms. The molecular weight excluding hydrogens is 182 g/mol. The van der Waals surface area contributed by atoms with Gasteiger partial charge in [-0.25, -0.2) is 4.79 Å². The lowest BCUT2D eigenvalue weighted by atomic mass is 10.2. The summed E-state index contributed by atoms with van der Waals surface area (Å²) in [7, 11) is 0. The largest absolute Gasteiger partial charge is 0.481 e. The summed E-state index contributed by atoms with van der Waals surface area (Å²) in [5.41, 5.74) is 0. The van der Waals surface area contributed by atoms with Crippen molar-refractivity contribution >= 4 is 17.8 Å². The number of nitrogens with one attached hydrogen (secondary N) is 1. The number of carbonyl (C=O) groups is 3. The minimum atomic E-state index is -1.72. The molecule has 74 valence electrons. The number of hydrogen-bond donors (Lipinski definition) is 4. The van der Waals surface area contributed by atoms with Crippen molar-refractivity contribution in [2.75, 3.05) is 6.61 Å². The summed E-state index contributed by atoms with van der Waals surface area (Å²) in [6, 6.07) is -1.07. The second kappa shape index (κ2) is 5.09. The number of hydrogen-bond acceptors (Lipinski definition) is 4. The van der Waals surface area contributed by atoms with E-state index in [4.69, 9.17) is 15.3 Å². The van der Waals surface area contributed by atoms with Crippen LogP contribution in [0.2, 0.25) is 0 Å². The summed E-state index contributed by atoms with van der Waals surface area (Å²) in [5.74, 6) is -4.28. The fraction of sp³-hybridized carbons (Fsp3) is 0.500. The predicted molar refractivity (Wildman–Crippen MR) is 38.9 cm³/mol. The van der Waals surface area contributed by atoms with Gasteiger partial charge in [0.25, 0.3) is 0 Å². The molecule has 7 heteroatoms. The quantitative estimate of drug-likeness (QED) is 0.382. The Kier molecular flexibility index (Phi) is 4.45. The van der Waals surface area contributed by atoms with Gasteiger partial charge in [-0.15, -0.1) is 0 Å². The van der Waals surface area contributed by atoms with Crippen LogP contribution in [0.25, 0.3) is 0 Å². The number of rotatable bonds is 4. The average Bonchev–Trinajstić information content (AvgIpc) is 2.02. The summed E-state index contributed by atoms with van der Waals surface area (Å²) >= 11 is 0. The van der Waals surface area contributed by atoms with E-state index in [0.717, 1.165) is 0 Å². The lowest BCUT2D eigenvalue weighted by Gasteiger charge is -2.11. The maximum absolute atomic E-state index is 10.5. The van der Waals surface area contributed by atoms with Crippen LogP contribution >= 0.6 is 0 Å². The van der Waals surface area contributed by atoms with Crippen LogP contribution < -0.4 is 5.32 Å². The second-order valence-corrected chi connectivity index (χ2v) is 2.26. The summed E-state index contributed by atoms with van der Waals surface area (Å²) in [6.07, 6.45) is -0.518. The van der Waals surface area contributed by atoms with Gasteiger partial charge in [0, 0.05) is 0 Å². The van der Waals surface area contributed by atoms with E-state index in [1.807, 2.05) is 5.32 Å². The second-order valence-electron chi connectivity index (χ2n) is 2.26. The van der Waals surface area contributed by atoms with Crippen LogP contribution in [0.4, 0.5) is 0 Å². The third-order valence-electron chi connectivity index (χ3n) is 1.17. The molecule has 0 rings (SSSR count). The Morgan fingerprint density at radius 1 is 1.23 bits per heavy atom. The standard InChI is InChI=1S/C6H9NO6/c8-2-3(1-4(9)10)7-5(11)6(12)13/h3,8H,1-2H2,(H,7,11)(H,9,10)(H,12,13)/t3-/m0/s1. The van der Waals surface area contributed by atoms with Crippen LogP contribution in [-0.2, 0) is 14.4 Å². The van der Waals surface area contributed by atoms with Crippen LogP contribution in [0.1, 0.15) is 6.42 Å². The number of amides is 1. The highest BCUT2D eigenvalue weighted by Crippen LogP contribution is 1.90. The lowest BCUT2D eigenvalue weighted by Crippen LogP contribution is -2.42. The first-order valence-electron chi connectivity index (χ1n) is 3.33. The molecule has 0 aromatic heterocycles. The van der Waals surface area contributed by atoms with Crippen molar-refractivity contribution in [1.82, 2.24) is 5.32 Å². The molecular formula is C6H9NO6. The van der Waals surface area contributed by atoms with E-state index in [1.165, 1.54) is 0 Å². The number of carbonyl (C=O) groups excluding carboxylic acids is 1. The molecule has 0 spiro atoms. The van der Waals surface area contributed by atoms with Gasteiger partial charge in [-0.2, -0.15) is 0 Å². The van der Waals surface area contributed by atoms with Crippen molar-refractivity contribution in [2.24, 2.45) is 0 Å². The van der Waals surface area contributed by atoms with Gasteiger partial charge in [-0.3, -0.25) is 9.59 Å². The molecule has 0 aromatic rings. The van der Waals surface area contributed by atoms with Crippen molar-refractivity contribution in [3.05, 3.63) is 0 Å². The molecule has 7 nitrogen and oxygen atoms in total. The number of aliphatic carboxylic acids is 2. The zero-order chi connectivity index (χ0) is 10.4. The fourth-order valence-electron chi connectivity index (χ4n) is 0.619. The Hall–Kier alpha value is -1.63. The van der Waals surface area contributed by atoms with Crippen LogP contribution in [-0.4, -0.2) is 45.8 Å². The molecule has 0 fully saturated rings. The molecule has 0 saturated heterocycles. The van der Waals surface area contributed by atoms with Crippen LogP contribution in [0.3, 0.4) is 0 Å². The first kappa shape index (κ1) is 11.4. The van der Waals surface area contributed by atoms with Gasteiger partial charge < -0.3 is 20.6 Å². The average molecular weight is 191 g/mol. The van der Waals surface area contributed by atoms with Crippen molar-refractivity contribution < 1.29 is 29.7 Å². The van der Waals surface area contributed by atoms with Gasteiger partial charge in [0.2, 0.25) is 0 Å². The Balaban J connectivity index is 4.05. The first-order valence-corrected chi connectivity index (χ1v) is 3.33. The summed E-state index contributed by atoms with van der Waals surface area (Å²) < 4.78 is 0. The Morgan fingerprint density at radius 3 is 2.08 bits per heavy atom. The van der Waals surface area contributed by atoms with Gasteiger partial charge in [0.15, 0.2) is 0 Å². The molecule has 1 atom stereocenters. The van der Waals surface area contributed by atoms with E-state index in [0.29, 0.717) is 0 Å². The molecule has 0 aromatic carbocycles. The van der Waals surface area contributed by atoms with Crippen molar-refractivity contribution in [1.29, 1.82) is 0 Å². The number of carboxylic acids is 2. The number of aliphatic hydroxyl groups excluding tert-OH is 1. The fourth-order valence-corrected chi connectivity index (χ4v) is 0.619. The molecule has 4 N–H and O–H groups in total. The Labute approximate surface area is 73.0 Å². The summed E-state index contributed by atoms with van der Waals surface area (Å²) in [6.45, 7) is -0.620. The van der Waals surface area contributed by atoms with E-state index in [-0.39, 0.29) is 0 Å². The lowest BCUT2D eigenvalue weighted by molar-refractivity contribution is -0.151. The summed E-state index contributed by atoms with van der Waals surface area (Å²) in [5, 5.41) is 26.7. The normalized spacial score (nSPS) is 11.8. The maximum atomic E-state index is 10.5. The molecule has 0 unspecified atom stereocenters. The van der Waals surface area contributed by atoms with Gasteiger partial charge in [-0.1, -0.05) is 0 Å². The zero-order valence-electron chi connectivity index (χ0n) is 6.56. The highest BCUT2D eigenvalue weighted by Gasteiger charge is 2.18. The molecule has 1 amide bonds. The van der Waals surface area contributed by atoms with Gasteiger partial charge in [-0.05, 0) is 0 Å². The summed E-state index contributed by atoms with van der Waals surface area (Å²) in [4.78, 5) is 30.6. The number of carboxylic acid groups (broad SMARTS) is 2. The van der Waals surface area contributed by atoms with Crippen molar-refractivity contribution in [2.45, 2.75) is 12.5 Å². The molecule has 0 heterocycles. The van der Waals surface area contributed by atoms with E-state index in [2.05, 4.69) is 0 Å². The highest BCUT2D eigenvalue weighted by molar-refractivity contribution is 6.31. The highest BCUT2D eigenvalue weighted by atomic mass is 16.4. The Morgan fingerprint density at radius 2 is 1.77 bits per heavy atom. The van der Waals surface area contributed by atoms with Crippen LogP contribution in [0.15, 0.2) is 0 Å². The minimum Gasteiger partial charge on any atom is -0.481 e. The number of aliphatic hydroxyl groups is 1. The molecule has 0 aliphatic carbocycles. The van der Waals surface area contributed by atoms with Crippen LogP contribution in [0, 0.1) is 0 Å². The third-order valence-corrected chi connectivity index (χ3v) is 1.17. The van der Waals surface area contributed by atoms with Crippen molar-refractivity contribution in [3.63, 3.8) is 0 Å². The van der Waals surface area contributed by atoms with Gasteiger partial charge >= 0.3 is 17.8 Å². The molecule has 0 radical (unpaired) electrons. The van der Waals surface area contributed by atoms with Crippen molar-refractivity contribution in [3.8, 4) is 0 Å². The third kappa shape index (κ3) is 4.75. The van der Waals surface area contributed by atoms with Crippen LogP contribution in [0.5, 0.6) is 0 Å². The van der Waals surface area contributed by atoms with E-state index in [1.54, 1.807) is 0 Å². The van der Waals surface area contributed by atoms with Gasteiger partial charge in [0.1, 0.15) is 0 Å². The SMILES string of the molecule is O=C(O)C[C@@H](CO)NC(=O)C(=O)O. The molecule has 13 heavy (non-hydrogen) atoms. The van der Waals surface area contributed by atoms with E-state index in [9.17, 15) is 14.4 Å². The molecule has 0 aliphatic heterocycles. The molecule has 0 saturated carbocycles. The monoisotopic (exact) mass is 191 g/mol. The zero-order valence-corrected chi connectivity index (χ0v) is 6.56. The minimum absolute atomic E-state index is 0.518. The Bertz CT molecular complexity index is 225.